The van der Waals surface area contributed by atoms with Gasteiger partial charge in [-0.2, -0.15) is 0 Å². The zero-order valence-electron chi connectivity index (χ0n) is 8.59. The Morgan fingerprint density at radius 3 is 2.57 bits per heavy atom. The first kappa shape index (κ1) is 13.4. The van der Waals surface area contributed by atoms with Crippen molar-refractivity contribution in [1.29, 1.82) is 0 Å². The van der Waals surface area contributed by atoms with E-state index in [1.165, 1.54) is 6.07 Å². The van der Waals surface area contributed by atoms with Crippen molar-refractivity contribution in [3.63, 3.8) is 0 Å². The summed E-state index contributed by atoms with van der Waals surface area (Å²) in [7, 11) is 0. The fraction of sp³-hybridized carbons (Fsp3) is 0.455. The van der Waals surface area contributed by atoms with Gasteiger partial charge in [-0.3, -0.25) is 0 Å². The highest BCUT2D eigenvalue weighted by Gasteiger charge is 2.06. The van der Waals surface area contributed by atoms with Gasteiger partial charge < -0.3 is 5.73 Å². The molecule has 0 aliphatic carbocycles. The third-order valence-corrected chi connectivity index (χ3v) is 2.21. The Labute approximate surface area is 90.9 Å². The molecule has 0 saturated carbocycles. The molecule has 1 atom stereocenters. The Kier molecular flexibility index (Phi) is 5.73. The molecule has 3 heteroatoms. The van der Waals surface area contributed by atoms with Gasteiger partial charge in [0.2, 0.25) is 0 Å². The van der Waals surface area contributed by atoms with Crippen LogP contribution in [0.1, 0.15) is 36.9 Å². The van der Waals surface area contributed by atoms with Crippen LogP contribution < -0.4 is 5.73 Å². The molecule has 0 spiro atoms. The molecule has 1 nitrogen and oxygen atoms in total. The van der Waals surface area contributed by atoms with Crippen LogP contribution in [0, 0.1) is 12.7 Å². The Morgan fingerprint density at radius 2 is 2.07 bits per heavy atom. The number of aryl methyl sites for hydroxylation is 1. The second-order valence-corrected chi connectivity index (χ2v) is 3.40. The Bertz CT molecular complexity index is 289. The molecule has 0 saturated heterocycles. The minimum Gasteiger partial charge on any atom is -0.324 e. The summed E-state index contributed by atoms with van der Waals surface area (Å²) in [4.78, 5) is 0. The molecule has 0 bridgehead atoms. The van der Waals surface area contributed by atoms with E-state index in [0.717, 1.165) is 18.4 Å². The van der Waals surface area contributed by atoms with E-state index < -0.39 is 0 Å². The number of benzene rings is 1. The minimum atomic E-state index is -0.160. The van der Waals surface area contributed by atoms with E-state index in [1.807, 2.05) is 6.07 Å². The second-order valence-electron chi connectivity index (χ2n) is 3.40. The third kappa shape index (κ3) is 3.28. The van der Waals surface area contributed by atoms with Gasteiger partial charge in [0.15, 0.2) is 0 Å². The molecule has 0 heterocycles. The van der Waals surface area contributed by atoms with E-state index in [9.17, 15) is 4.39 Å². The van der Waals surface area contributed by atoms with Gasteiger partial charge in [0.25, 0.3) is 0 Å². The summed E-state index contributed by atoms with van der Waals surface area (Å²) in [6.07, 6.45) is 2.00. The van der Waals surface area contributed by atoms with E-state index in [2.05, 4.69) is 6.92 Å². The van der Waals surface area contributed by atoms with Gasteiger partial charge in [-0.25, -0.2) is 4.39 Å². The average molecular weight is 218 g/mol. The van der Waals surface area contributed by atoms with Crippen LogP contribution in [0.2, 0.25) is 0 Å². The molecular weight excluding hydrogens is 201 g/mol. The van der Waals surface area contributed by atoms with Crippen LogP contribution in [0.5, 0.6) is 0 Å². The molecule has 0 fully saturated rings. The van der Waals surface area contributed by atoms with Crippen molar-refractivity contribution in [3.8, 4) is 0 Å². The van der Waals surface area contributed by atoms with Gasteiger partial charge in [0.1, 0.15) is 5.82 Å². The van der Waals surface area contributed by atoms with E-state index >= 15 is 0 Å². The minimum absolute atomic E-state index is 0. The quantitative estimate of drug-likeness (QED) is 0.826. The normalized spacial score (nSPS) is 12.0. The number of halogens is 2. The zero-order valence-corrected chi connectivity index (χ0v) is 9.40. The summed E-state index contributed by atoms with van der Waals surface area (Å²) in [5.74, 6) is -0.160. The highest BCUT2D eigenvalue weighted by atomic mass is 35.5. The van der Waals surface area contributed by atoms with Crippen LogP contribution in [0.25, 0.3) is 0 Å². The molecule has 2 N–H and O–H groups in total. The van der Waals surface area contributed by atoms with Crippen molar-refractivity contribution in [2.24, 2.45) is 5.73 Å². The van der Waals surface area contributed by atoms with Crippen molar-refractivity contribution in [2.75, 3.05) is 0 Å². The van der Waals surface area contributed by atoms with Gasteiger partial charge in [-0.1, -0.05) is 25.5 Å². The molecule has 0 unspecified atom stereocenters. The maximum Gasteiger partial charge on any atom is 0.126 e. The SMILES string of the molecule is CCC[C@@H](N)c1ccc(F)c(C)c1.Cl. The van der Waals surface area contributed by atoms with Gasteiger partial charge in [0, 0.05) is 6.04 Å². The van der Waals surface area contributed by atoms with Crippen LogP contribution in [-0.4, -0.2) is 0 Å². The summed E-state index contributed by atoms with van der Waals surface area (Å²) in [6, 6.07) is 5.13. The second kappa shape index (κ2) is 5.99. The maximum absolute atomic E-state index is 12.9. The maximum atomic E-state index is 12.9. The lowest BCUT2D eigenvalue weighted by atomic mass is 10.0. The zero-order chi connectivity index (χ0) is 9.84. The predicted molar refractivity (Wildman–Crippen MR) is 60.2 cm³/mol. The lowest BCUT2D eigenvalue weighted by Crippen LogP contribution is -2.09. The topological polar surface area (TPSA) is 26.0 Å². The van der Waals surface area contributed by atoms with Crippen LogP contribution in [0.4, 0.5) is 4.39 Å². The summed E-state index contributed by atoms with van der Waals surface area (Å²) < 4.78 is 12.9. The summed E-state index contributed by atoms with van der Waals surface area (Å²) in [5, 5.41) is 0. The lowest BCUT2D eigenvalue weighted by molar-refractivity contribution is 0.608. The molecule has 0 radical (unpaired) electrons. The fourth-order valence-electron chi connectivity index (χ4n) is 1.38. The summed E-state index contributed by atoms with van der Waals surface area (Å²) in [6.45, 7) is 3.85. The van der Waals surface area contributed by atoms with Crippen molar-refractivity contribution in [2.45, 2.75) is 32.7 Å². The Morgan fingerprint density at radius 1 is 1.43 bits per heavy atom. The first-order valence-corrected chi connectivity index (χ1v) is 4.66. The van der Waals surface area contributed by atoms with E-state index in [0.29, 0.717) is 5.56 Å². The largest absolute Gasteiger partial charge is 0.324 e. The Hall–Kier alpha value is -0.600. The van der Waals surface area contributed by atoms with Gasteiger partial charge in [-0.05, 0) is 30.5 Å². The Balaban J connectivity index is 0.00000169. The predicted octanol–water partition coefficient (Wildman–Crippen LogP) is 3.36. The fourth-order valence-corrected chi connectivity index (χ4v) is 1.38. The molecule has 14 heavy (non-hydrogen) atoms. The molecular formula is C11H17ClFN. The van der Waals surface area contributed by atoms with Crippen molar-refractivity contribution in [1.82, 2.24) is 0 Å². The molecule has 0 aliphatic rings. The standard InChI is InChI=1S/C11H16FN.ClH/c1-3-4-11(13)9-5-6-10(12)8(2)7-9;/h5-7,11H,3-4,13H2,1-2H3;1H/t11-;/m1./s1. The molecule has 80 valence electrons. The summed E-state index contributed by atoms with van der Waals surface area (Å²) in [5.41, 5.74) is 7.60. The van der Waals surface area contributed by atoms with Gasteiger partial charge in [0.05, 0.1) is 0 Å². The number of nitrogens with two attached hydrogens (primary N) is 1. The summed E-state index contributed by atoms with van der Waals surface area (Å²) >= 11 is 0. The highest BCUT2D eigenvalue weighted by Crippen LogP contribution is 2.18. The van der Waals surface area contributed by atoms with E-state index in [4.69, 9.17) is 5.73 Å². The lowest BCUT2D eigenvalue weighted by Gasteiger charge is -2.11. The average Bonchev–Trinajstić information content (AvgIpc) is 2.10. The van der Waals surface area contributed by atoms with Crippen molar-refractivity contribution in [3.05, 3.63) is 35.1 Å². The van der Waals surface area contributed by atoms with Gasteiger partial charge >= 0.3 is 0 Å². The highest BCUT2D eigenvalue weighted by molar-refractivity contribution is 5.85. The first-order valence-electron chi connectivity index (χ1n) is 4.66. The molecule has 0 aromatic heterocycles. The van der Waals surface area contributed by atoms with Gasteiger partial charge in [-0.15, -0.1) is 12.4 Å². The molecule has 1 aromatic carbocycles. The molecule has 0 amide bonds. The van der Waals surface area contributed by atoms with E-state index in [1.54, 1.807) is 13.0 Å². The molecule has 0 aliphatic heterocycles. The smallest absolute Gasteiger partial charge is 0.126 e. The monoisotopic (exact) mass is 217 g/mol. The first-order chi connectivity index (χ1) is 6.15. The molecule has 1 rings (SSSR count). The third-order valence-electron chi connectivity index (χ3n) is 2.21. The van der Waals surface area contributed by atoms with Crippen LogP contribution >= 0.6 is 12.4 Å². The van der Waals surface area contributed by atoms with Crippen molar-refractivity contribution >= 4 is 12.4 Å². The van der Waals surface area contributed by atoms with Crippen LogP contribution in [0.15, 0.2) is 18.2 Å². The van der Waals surface area contributed by atoms with E-state index in [-0.39, 0.29) is 24.3 Å². The molecule has 1 aromatic rings. The number of rotatable bonds is 3. The van der Waals surface area contributed by atoms with Crippen LogP contribution in [0.3, 0.4) is 0 Å². The van der Waals surface area contributed by atoms with Crippen molar-refractivity contribution < 1.29 is 4.39 Å². The van der Waals surface area contributed by atoms with Crippen LogP contribution in [-0.2, 0) is 0 Å². The number of hydrogen-bond acceptors (Lipinski definition) is 1. The number of hydrogen-bond donors (Lipinski definition) is 1.